The number of rotatable bonds is 4. The molecule has 1 aromatic rings. The van der Waals surface area contributed by atoms with E-state index in [-0.39, 0.29) is 11.8 Å². The third-order valence-corrected chi connectivity index (χ3v) is 4.36. The quantitative estimate of drug-likeness (QED) is 0.813. The molecule has 3 unspecified atom stereocenters. The number of carbonyl (C=O) groups excluding carboxylic acids is 1. The fraction of sp³-hybridized carbons (Fsp3) is 0.533. The average Bonchev–Trinajstić information content (AvgIpc) is 3.16. The van der Waals surface area contributed by atoms with Crippen molar-refractivity contribution in [3.63, 3.8) is 0 Å². The maximum absolute atomic E-state index is 12.3. The number of benzene rings is 1. The summed E-state index contributed by atoms with van der Waals surface area (Å²) in [6, 6.07) is 8.15. The molecular formula is C15H20ClNO. The summed E-state index contributed by atoms with van der Waals surface area (Å²) >= 11 is 6.17. The SMILES string of the molecule is CCC(C)N(C)C(=O)C1CC1c1ccccc1Cl. The average molecular weight is 266 g/mol. The van der Waals surface area contributed by atoms with Crippen LogP contribution >= 0.6 is 11.6 Å². The van der Waals surface area contributed by atoms with E-state index < -0.39 is 0 Å². The Hall–Kier alpha value is -1.02. The maximum atomic E-state index is 12.3. The van der Waals surface area contributed by atoms with E-state index in [1.54, 1.807) is 0 Å². The molecule has 2 rings (SSSR count). The second kappa shape index (κ2) is 5.31. The minimum Gasteiger partial charge on any atom is -0.343 e. The van der Waals surface area contributed by atoms with Gasteiger partial charge >= 0.3 is 0 Å². The van der Waals surface area contributed by atoms with Gasteiger partial charge in [0.25, 0.3) is 0 Å². The highest BCUT2D eigenvalue weighted by atomic mass is 35.5. The molecule has 1 fully saturated rings. The second-order valence-corrected chi connectivity index (χ2v) is 5.58. The minimum atomic E-state index is 0.129. The number of hydrogen-bond donors (Lipinski definition) is 0. The molecule has 0 heterocycles. The Morgan fingerprint density at radius 2 is 2.17 bits per heavy atom. The molecule has 0 aliphatic heterocycles. The van der Waals surface area contributed by atoms with Crippen molar-refractivity contribution in [1.29, 1.82) is 0 Å². The summed E-state index contributed by atoms with van der Waals surface area (Å²) in [6.45, 7) is 4.19. The monoisotopic (exact) mass is 265 g/mol. The first-order chi connectivity index (χ1) is 8.56. The summed E-state index contributed by atoms with van der Waals surface area (Å²) in [6.07, 6.45) is 1.93. The third kappa shape index (κ3) is 2.54. The van der Waals surface area contributed by atoms with Gasteiger partial charge in [0.2, 0.25) is 5.91 Å². The molecule has 1 amide bonds. The van der Waals surface area contributed by atoms with Crippen molar-refractivity contribution in [1.82, 2.24) is 4.90 Å². The topological polar surface area (TPSA) is 20.3 Å². The highest BCUT2D eigenvalue weighted by Crippen LogP contribution is 2.50. The Labute approximate surface area is 114 Å². The fourth-order valence-corrected chi connectivity index (χ4v) is 2.62. The summed E-state index contributed by atoms with van der Waals surface area (Å²) in [4.78, 5) is 14.2. The van der Waals surface area contributed by atoms with E-state index in [9.17, 15) is 4.79 Å². The van der Waals surface area contributed by atoms with Crippen LogP contribution in [0.3, 0.4) is 0 Å². The van der Waals surface area contributed by atoms with Gasteiger partial charge in [-0.1, -0.05) is 36.7 Å². The molecule has 1 aliphatic rings. The number of nitrogens with zero attached hydrogens (tertiary/aromatic N) is 1. The molecular weight excluding hydrogens is 246 g/mol. The molecule has 0 aromatic heterocycles. The number of carbonyl (C=O) groups is 1. The van der Waals surface area contributed by atoms with Crippen molar-refractivity contribution in [3.8, 4) is 0 Å². The van der Waals surface area contributed by atoms with Crippen LogP contribution in [0.2, 0.25) is 5.02 Å². The van der Waals surface area contributed by atoms with Crippen LogP contribution < -0.4 is 0 Å². The molecule has 18 heavy (non-hydrogen) atoms. The van der Waals surface area contributed by atoms with E-state index in [1.807, 2.05) is 36.2 Å². The van der Waals surface area contributed by atoms with Crippen molar-refractivity contribution in [3.05, 3.63) is 34.9 Å². The molecule has 3 heteroatoms. The molecule has 1 aliphatic carbocycles. The van der Waals surface area contributed by atoms with E-state index in [0.29, 0.717) is 12.0 Å². The molecule has 0 saturated heterocycles. The Morgan fingerprint density at radius 3 is 2.78 bits per heavy atom. The van der Waals surface area contributed by atoms with E-state index in [0.717, 1.165) is 23.4 Å². The molecule has 0 spiro atoms. The lowest BCUT2D eigenvalue weighted by atomic mass is 10.1. The Morgan fingerprint density at radius 1 is 1.50 bits per heavy atom. The summed E-state index contributed by atoms with van der Waals surface area (Å²) in [5.41, 5.74) is 1.12. The smallest absolute Gasteiger partial charge is 0.226 e. The largest absolute Gasteiger partial charge is 0.343 e. The first-order valence-corrected chi connectivity index (χ1v) is 6.95. The number of amides is 1. The Balaban J connectivity index is 2.03. The Bertz CT molecular complexity index is 446. The van der Waals surface area contributed by atoms with Crippen LogP contribution in [0.4, 0.5) is 0 Å². The molecule has 3 atom stereocenters. The standard InChI is InChI=1S/C15H20ClNO/c1-4-10(2)17(3)15(18)13-9-12(13)11-7-5-6-8-14(11)16/h5-8,10,12-13H,4,9H2,1-3H3. The Kier molecular flexibility index (Phi) is 3.96. The molecule has 0 bridgehead atoms. The lowest BCUT2D eigenvalue weighted by molar-refractivity contribution is -0.133. The van der Waals surface area contributed by atoms with Gasteiger partial charge in [-0.2, -0.15) is 0 Å². The van der Waals surface area contributed by atoms with Crippen LogP contribution in [0.1, 0.15) is 38.2 Å². The van der Waals surface area contributed by atoms with Crippen molar-refractivity contribution >= 4 is 17.5 Å². The van der Waals surface area contributed by atoms with Crippen LogP contribution in [0.25, 0.3) is 0 Å². The zero-order valence-corrected chi connectivity index (χ0v) is 11.9. The van der Waals surface area contributed by atoms with Gasteiger partial charge in [-0.3, -0.25) is 4.79 Å². The summed E-state index contributed by atoms with van der Waals surface area (Å²) < 4.78 is 0. The van der Waals surface area contributed by atoms with E-state index in [1.165, 1.54) is 0 Å². The molecule has 1 saturated carbocycles. The highest BCUT2D eigenvalue weighted by Gasteiger charge is 2.46. The highest BCUT2D eigenvalue weighted by molar-refractivity contribution is 6.31. The number of hydrogen-bond acceptors (Lipinski definition) is 1. The van der Waals surface area contributed by atoms with Gasteiger partial charge in [0.05, 0.1) is 0 Å². The molecule has 0 N–H and O–H groups in total. The molecule has 2 nitrogen and oxygen atoms in total. The van der Waals surface area contributed by atoms with Crippen LogP contribution in [-0.2, 0) is 4.79 Å². The summed E-state index contributed by atoms with van der Waals surface area (Å²) in [5, 5.41) is 0.781. The second-order valence-electron chi connectivity index (χ2n) is 5.18. The number of halogens is 1. The van der Waals surface area contributed by atoms with Crippen LogP contribution in [0, 0.1) is 5.92 Å². The van der Waals surface area contributed by atoms with Crippen LogP contribution in [0.15, 0.2) is 24.3 Å². The van der Waals surface area contributed by atoms with Gasteiger partial charge < -0.3 is 4.90 Å². The minimum absolute atomic E-state index is 0.129. The maximum Gasteiger partial charge on any atom is 0.226 e. The van der Waals surface area contributed by atoms with Gasteiger partial charge in [-0.05, 0) is 37.3 Å². The fourth-order valence-electron chi connectivity index (χ4n) is 2.34. The van der Waals surface area contributed by atoms with Crippen molar-refractivity contribution in [2.45, 2.75) is 38.6 Å². The van der Waals surface area contributed by atoms with Crippen LogP contribution in [-0.4, -0.2) is 23.9 Å². The van der Waals surface area contributed by atoms with E-state index in [2.05, 4.69) is 13.8 Å². The molecule has 1 aromatic carbocycles. The van der Waals surface area contributed by atoms with Crippen molar-refractivity contribution in [2.75, 3.05) is 7.05 Å². The predicted molar refractivity (Wildman–Crippen MR) is 74.8 cm³/mol. The van der Waals surface area contributed by atoms with Gasteiger partial charge in [0.1, 0.15) is 0 Å². The summed E-state index contributed by atoms with van der Waals surface area (Å²) in [7, 11) is 1.90. The normalized spacial score (nSPS) is 23.6. The van der Waals surface area contributed by atoms with E-state index in [4.69, 9.17) is 11.6 Å². The van der Waals surface area contributed by atoms with E-state index >= 15 is 0 Å². The van der Waals surface area contributed by atoms with Crippen molar-refractivity contribution < 1.29 is 4.79 Å². The van der Waals surface area contributed by atoms with Crippen molar-refractivity contribution in [2.24, 2.45) is 5.92 Å². The zero-order chi connectivity index (χ0) is 13.3. The van der Waals surface area contributed by atoms with Gasteiger partial charge in [0.15, 0.2) is 0 Å². The van der Waals surface area contributed by atoms with Gasteiger partial charge in [-0.25, -0.2) is 0 Å². The van der Waals surface area contributed by atoms with Gasteiger partial charge in [0, 0.05) is 24.0 Å². The first-order valence-electron chi connectivity index (χ1n) is 6.57. The predicted octanol–water partition coefficient (Wildman–Crippen LogP) is 3.70. The lowest BCUT2D eigenvalue weighted by Gasteiger charge is -2.24. The zero-order valence-electron chi connectivity index (χ0n) is 11.2. The lowest BCUT2D eigenvalue weighted by Crippen LogP contribution is -2.35. The first kappa shape index (κ1) is 13.4. The van der Waals surface area contributed by atoms with Gasteiger partial charge in [-0.15, -0.1) is 0 Å². The summed E-state index contributed by atoms with van der Waals surface area (Å²) in [5.74, 6) is 0.705. The third-order valence-electron chi connectivity index (χ3n) is 4.01. The van der Waals surface area contributed by atoms with Crippen LogP contribution in [0.5, 0.6) is 0 Å². The molecule has 0 radical (unpaired) electrons. The molecule has 98 valence electrons.